The molecule has 1 aliphatic rings. The van der Waals surface area contributed by atoms with Gasteiger partial charge < -0.3 is 10.2 Å². The van der Waals surface area contributed by atoms with E-state index in [0.29, 0.717) is 24.5 Å². The quantitative estimate of drug-likeness (QED) is 0.627. The Hall–Kier alpha value is -2.14. The van der Waals surface area contributed by atoms with Gasteiger partial charge in [-0.3, -0.25) is 9.59 Å². The predicted molar refractivity (Wildman–Crippen MR) is 118 cm³/mol. The number of nitrogens with one attached hydrogen (secondary N) is 1. The summed E-state index contributed by atoms with van der Waals surface area (Å²) in [6, 6.07) is 7.89. The first-order valence-corrected chi connectivity index (χ1v) is 12.1. The van der Waals surface area contributed by atoms with Crippen molar-refractivity contribution in [3.8, 4) is 0 Å². The van der Waals surface area contributed by atoms with Crippen LogP contribution in [0.3, 0.4) is 0 Å². The highest BCUT2D eigenvalue weighted by molar-refractivity contribution is 8.00. The van der Waals surface area contributed by atoms with Crippen LogP contribution in [0.2, 0.25) is 5.15 Å². The zero-order chi connectivity index (χ0) is 21.9. The molecule has 0 atom stereocenters. The smallest absolute Gasteiger partial charge is 0.244 e. The number of nitrogens with zero attached hydrogens (tertiary/aromatic N) is 3. The van der Waals surface area contributed by atoms with Crippen LogP contribution >= 0.6 is 23.4 Å². The highest BCUT2D eigenvalue weighted by Gasteiger charge is 2.30. The van der Waals surface area contributed by atoms with Gasteiger partial charge in [-0.1, -0.05) is 25.4 Å². The number of amides is 2. The zero-order valence-electron chi connectivity index (χ0n) is 16.5. The summed E-state index contributed by atoms with van der Waals surface area (Å²) in [5.74, 6) is -0.582. The number of rotatable bonds is 7. The fraction of sp³-hybridized carbons (Fsp3) is 0.316. The van der Waals surface area contributed by atoms with Crippen LogP contribution in [0.15, 0.2) is 46.3 Å². The number of carbonyl (C=O) groups is 2. The number of hydrogen-bond donors (Lipinski definition) is 1. The fourth-order valence-electron chi connectivity index (χ4n) is 3.04. The second-order valence-electron chi connectivity index (χ2n) is 6.38. The maximum Gasteiger partial charge on any atom is 0.244 e. The van der Waals surface area contributed by atoms with Crippen molar-refractivity contribution in [1.29, 1.82) is 0 Å². The molecule has 160 valence electrons. The van der Waals surface area contributed by atoms with E-state index in [0.717, 1.165) is 4.90 Å². The third-order valence-electron chi connectivity index (χ3n) is 4.55. The minimum Gasteiger partial charge on any atom is -0.322 e. The predicted octanol–water partition coefficient (Wildman–Crippen LogP) is 2.84. The van der Waals surface area contributed by atoms with E-state index in [1.54, 1.807) is 32.0 Å². The normalized spacial score (nSPS) is 14.0. The molecule has 0 unspecified atom stereocenters. The van der Waals surface area contributed by atoms with E-state index in [9.17, 15) is 18.0 Å². The first kappa shape index (κ1) is 22.5. The van der Waals surface area contributed by atoms with Crippen molar-refractivity contribution in [2.75, 3.05) is 35.6 Å². The fourth-order valence-corrected chi connectivity index (χ4v) is 5.60. The van der Waals surface area contributed by atoms with Gasteiger partial charge in [-0.2, -0.15) is 4.31 Å². The van der Waals surface area contributed by atoms with Gasteiger partial charge in [0.25, 0.3) is 0 Å². The topological polar surface area (TPSA) is 99.7 Å². The van der Waals surface area contributed by atoms with Crippen LogP contribution in [-0.2, 0) is 19.6 Å². The molecule has 0 saturated heterocycles. The summed E-state index contributed by atoms with van der Waals surface area (Å²) in [7, 11) is -3.70. The number of carbonyl (C=O) groups excluding carboxylic acids is 2. The molecule has 3 rings (SSSR count). The molecule has 2 aromatic rings. The second kappa shape index (κ2) is 9.34. The minimum absolute atomic E-state index is 0.0842. The second-order valence-corrected chi connectivity index (χ2v) is 9.69. The van der Waals surface area contributed by atoms with Crippen molar-refractivity contribution < 1.29 is 18.0 Å². The molecule has 11 heteroatoms. The maximum atomic E-state index is 12.9. The van der Waals surface area contributed by atoms with Crippen molar-refractivity contribution in [1.82, 2.24) is 9.29 Å². The van der Waals surface area contributed by atoms with Gasteiger partial charge in [-0.25, -0.2) is 13.4 Å². The molecule has 0 saturated carbocycles. The molecule has 1 aromatic heterocycles. The van der Waals surface area contributed by atoms with Gasteiger partial charge in [-0.15, -0.1) is 11.8 Å². The number of fused-ring (bicyclic) bond motifs is 1. The van der Waals surface area contributed by atoms with Gasteiger partial charge in [0.1, 0.15) is 6.54 Å². The molecule has 30 heavy (non-hydrogen) atoms. The number of halogens is 1. The number of hydrogen-bond acceptors (Lipinski definition) is 6. The average Bonchev–Trinajstić information content (AvgIpc) is 2.72. The first-order chi connectivity index (χ1) is 14.3. The highest BCUT2D eigenvalue weighted by atomic mass is 35.5. The van der Waals surface area contributed by atoms with Crippen LogP contribution < -0.4 is 10.2 Å². The molecule has 1 aliphatic heterocycles. The van der Waals surface area contributed by atoms with E-state index in [-0.39, 0.29) is 28.3 Å². The molecule has 1 aromatic carbocycles. The third kappa shape index (κ3) is 4.61. The van der Waals surface area contributed by atoms with Crippen molar-refractivity contribution >= 4 is 56.6 Å². The Balaban J connectivity index is 1.90. The largest absolute Gasteiger partial charge is 0.322 e. The van der Waals surface area contributed by atoms with Gasteiger partial charge in [0.15, 0.2) is 5.15 Å². The van der Waals surface area contributed by atoms with Gasteiger partial charge in [0.2, 0.25) is 21.8 Å². The van der Waals surface area contributed by atoms with Crippen molar-refractivity contribution in [2.45, 2.75) is 23.6 Å². The van der Waals surface area contributed by atoms with Crippen LogP contribution in [-0.4, -0.2) is 54.9 Å². The standard InChI is InChI=1S/C19H21ClN4O4S2/c1-3-23(4-2)30(27,28)13-7-8-16-15(10-13)24(18(26)12-29-16)11-17(25)22-14-6-5-9-21-19(14)20/h5-10H,3-4,11-12H2,1-2H3,(H,22,25). The van der Waals surface area contributed by atoms with Gasteiger partial charge >= 0.3 is 0 Å². The van der Waals surface area contributed by atoms with Gasteiger partial charge in [-0.05, 0) is 30.3 Å². The number of aromatic nitrogens is 1. The molecule has 0 fully saturated rings. The monoisotopic (exact) mass is 468 g/mol. The Morgan fingerprint density at radius 3 is 2.70 bits per heavy atom. The minimum atomic E-state index is -3.70. The van der Waals surface area contributed by atoms with Crippen LogP contribution in [0, 0.1) is 0 Å². The van der Waals surface area contributed by atoms with E-state index in [1.807, 2.05) is 0 Å². The van der Waals surface area contributed by atoms with Crippen LogP contribution in [0.5, 0.6) is 0 Å². The molecule has 8 nitrogen and oxygen atoms in total. The molecule has 1 N–H and O–H groups in total. The van der Waals surface area contributed by atoms with Crippen LogP contribution in [0.1, 0.15) is 13.8 Å². The first-order valence-electron chi connectivity index (χ1n) is 9.25. The van der Waals surface area contributed by atoms with E-state index >= 15 is 0 Å². The van der Waals surface area contributed by atoms with Crippen molar-refractivity contribution in [3.05, 3.63) is 41.7 Å². The van der Waals surface area contributed by atoms with E-state index in [2.05, 4.69) is 10.3 Å². The van der Waals surface area contributed by atoms with E-state index in [4.69, 9.17) is 11.6 Å². The average molecular weight is 469 g/mol. The lowest BCUT2D eigenvalue weighted by Crippen LogP contribution is -2.41. The summed E-state index contributed by atoms with van der Waals surface area (Å²) in [5, 5.41) is 2.77. The SMILES string of the molecule is CCN(CC)S(=O)(=O)c1ccc2c(c1)N(CC(=O)Nc1cccnc1Cl)C(=O)CS2. The summed E-state index contributed by atoms with van der Waals surface area (Å²) in [6.07, 6.45) is 1.50. The summed E-state index contributed by atoms with van der Waals surface area (Å²) in [6.45, 7) is 3.92. The summed E-state index contributed by atoms with van der Waals surface area (Å²) in [5.41, 5.74) is 0.734. The molecule has 2 amide bonds. The van der Waals surface area contributed by atoms with Crippen LogP contribution in [0.4, 0.5) is 11.4 Å². The Morgan fingerprint density at radius 1 is 1.30 bits per heavy atom. The molecule has 0 spiro atoms. The summed E-state index contributed by atoms with van der Waals surface area (Å²) >= 11 is 7.28. The summed E-state index contributed by atoms with van der Waals surface area (Å²) < 4.78 is 27.1. The maximum absolute atomic E-state index is 12.9. The van der Waals surface area contributed by atoms with E-state index in [1.165, 1.54) is 39.3 Å². The lowest BCUT2D eigenvalue weighted by atomic mass is 10.2. The Morgan fingerprint density at radius 2 is 2.03 bits per heavy atom. The Bertz CT molecular complexity index is 1070. The Kier molecular flexibility index (Phi) is 7.02. The number of anilines is 2. The van der Waals surface area contributed by atoms with Crippen LogP contribution in [0.25, 0.3) is 0 Å². The van der Waals surface area contributed by atoms with Gasteiger partial charge in [0, 0.05) is 24.2 Å². The zero-order valence-corrected chi connectivity index (χ0v) is 18.9. The highest BCUT2D eigenvalue weighted by Crippen LogP contribution is 2.37. The number of pyridine rings is 1. The molecular weight excluding hydrogens is 448 g/mol. The number of benzene rings is 1. The molecule has 0 radical (unpaired) electrons. The van der Waals surface area contributed by atoms with Crippen molar-refractivity contribution in [2.24, 2.45) is 0 Å². The lowest BCUT2D eigenvalue weighted by Gasteiger charge is -2.29. The third-order valence-corrected chi connectivity index (χ3v) is 7.95. The summed E-state index contributed by atoms with van der Waals surface area (Å²) in [4.78, 5) is 31.1. The Labute approximate surface area is 184 Å². The molecule has 0 bridgehead atoms. The molecule has 0 aliphatic carbocycles. The number of sulfonamides is 1. The molecular formula is C19H21ClN4O4S2. The number of thioether (sulfide) groups is 1. The molecule has 2 heterocycles. The lowest BCUT2D eigenvalue weighted by molar-refractivity contribution is -0.120. The van der Waals surface area contributed by atoms with Crippen molar-refractivity contribution in [3.63, 3.8) is 0 Å². The van der Waals surface area contributed by atoms with E-state index < -0.39 is 15.9 Å². The van der Waals surface area contributed by atoms with Gasteiger partial charge in [0.05, 0.1) is 22.0 Å².